The number of fused-ring (bicyclic) bond motifs is 2. The first-order chi connectivity index (χ1) is 11.6. The number of hydrogen-bond acceptors (Lipinski definition) is 5. The summed E-state index contributed by atoms with van der Waals surface area (Å²) in [7, 11) is 6.01. The van der Waals surface area contributed by atoms with E-state index in [0.717, 1.165) is 5.39 Å². The summed E-state index contributed by atoms with van der Waals surface area (Å²) < 4.78 is 1.17. The number of benzene rings is 1. The molecule has 2 radical (unpaired) electrons. The van der Waals surface area contributed by atoms with Crippen LogP contribution in [0.15, 0.2) is 47.8 Å². The smallest absolute Gasteiger partial charge is 0.245 e. The van der Waals surface area contributed by atoms with Crippen molar-refractivity contribution in [2.45, 2.75) is 13.0 Å². The summed E-state index contributed by atoms with van der Waals surface area (Å²) in [5, 5.41) is 4.70. The molecule has 116 valence electrons. The van der Waals surface area contributed by atoms with Crippen LogP contribution in [-0.4, -0.2) is 32.4 Å². The lowest BCUT2D eigenvalue weighted by atomic mass is 10.1. The molecule has 0 aliphatic heterocycles. The standard InChI is InChI=1S/C16H13BN6O/c1-9(22-15-13-14(19-7-18-13)20-8-21-15)12-6-10-4-2-3-5-11(10)16(24)23(12)17/h2-9H,1H3,(H2,18,19,20,21,22)/t9-/m0/s1. The molecule has 0 aliphatic rings. The number of nitrogens with one attached hydrogen (secondary N) is 2. The van der Waals surface area contributed by atoms with Gasteiger partial charge in [-0.3, -0.25) is 4.79 Å². The minimum atomic E-state index is -0.242. The molecule has 3 aromatic heterocycles. The van der Waals surface area contributed by atoms with Crippen LogP contribution in [0.5, 0.6) is 0 Å². The van der Waals surface area contributed by atoms with Crippen molar-refractivity contribution < 1.29 is 0 Å². The first-order valence-corrected chi connectivity index (χ1v) is 7.45. The fraction of sp³-hybridized carbons (Fsp3) is 0.125. The zero-order chi connectivity index (χ0) is 16.7. The fourth-order valence-corrected chi connectivity index (χ4v) is 2.78. The highest BCUT2D eigenvalue weighted by Gasteiger charge is 2.14. The molecule has 7 nitrogen and oxygen atoms in total. The predicted octanol–water partition coefficient (Wildman–Crippen LogP) is 1.77. The van der Waals surface area contributed by atoms with Gasteiger partial charge in [0.05, 0.1) is 12.4 Å². The van der Waals surface area contributed by atoms with Crippen LogP contribution in [0.2, 0.25) is 0 Å². The topological polar surface area (TPSA) is 88.5 Å². The van der Waals surface area contributed by atoms with E-state index in [1.807, 2.05) is 31.2 Å². The van der Waals surface area contributed by atoms with Gasteiger partial charge in [-0.25, -0.2) is 15.0 Å². The molecule has 0 saturated heterocycles. The van der Waals surface area contributed by atoms with Gasteiger partial charge in [0.15, 0.2) is 11.5 Å². The highest BCUT2D eigenvalue weighted by molar-refractivity contribution is 6.08. The van der Waals surface area contributed by atoms with Gasteiger partial charge in [-0.05, 0) is 24.4 Å². The average Bonchev–Trinajstić information content (AvgIpc) is 3.08. The molecule has 0 bridgehead atoms. The van der Waals surface area contributed by atoms with Crippen molar-refractivity contribution in [3.8, 4) is 0 Å². The monoisotopic (exact) mass is 316 g/mol. The van der Waals surface area contributed by atoms with Crippen LogP contribution >= 0.6 is 0 Å². The molecule has 1 aromatic carbocycles. The Balaban J connectivity index is 1.78. The number of aromatic amines is 1. The van der Waals surface area contributed by atoms with Crippen molar-refractivity contribution in [3.63, 3.8) is 0 Å². The normalized spacial score (nSPS) is 12.5. The molecule has 0 fully saturated rings. The largest absolute Gasteiger partial charge is 0.367 e. The van der Waals surface area contributed by atoms with E-state index in [2.05, 4.69) is 25.3 Å². The molecule has 8 heteroatoms. The lowest BCUT2D eigenvalue weighted by molar-refractivity contribution is 0.807. The number of nitrogens with zero attached hydrogens (tertiary/aromatic N) is 4. The number of rotatable bonds is 3. The van der Waals surface area contributed by atoms with Gasteiger partial charge in [0.2, 0.25) is 13.5 Å². The molecule has 3 heterocycles. The van der Waals surface area contributed by atoms with Crippen molar-refractivity contribution in [2.75, 3.05) is 5.32 Å². The van der Waals surface area contributed by atoms with Crippen LogP contribution in [0.1, 0.15) is 18.7 Å². The maximum atomic E-state index is 12.4. The Hall–Kier alpha value is -3.16. The predicted molar refractivity (Wildman–Crippen MR) is 93.1 cm³/mol. The van der Waals surface area contributed by atoms with Crippen molar-refractivity contribution in [2.24, 2.45) is 0 Å². The molecule has 0 saturated carbocycles. The molecule has 1 atom stereocenters. The molecular weight excluding hydrogens is 303 g/mol. The molecule has 0 amide bonds. The van der Waals surface area contributed by atoms with E-state index in [1.54, 1.807) is 12.4 Å². The number of aromatic nitrogens is 5. The molecule has 0 unspecified atom stereocenters. The van der Waals surface area contributed by atoms with Gasteiger partial charge in [-0.15, -0.1) is 0 Å². The Morgan fingerprint density at radius 2 is 2.08 bits per heavy atom. The van der Waals surface area contributed by atoms with Crippen molar-refractivity contribution in [1.29, 1.82) is 0 Å². The summed E-state index contributed by atoms with van der Waals surface area (Å²) in [5.74, 6) is 0.602. The van der Waals surface area contributed by atoms with Gasteiger partial charge < -0.3 is 14.8 Å². The van der Waals surface area contributed by atoms with Gasteiger partial charge in [0.25, 0.3) is 0 Å². The third-order valence-electron chi connectivity index (χ3n) is 4.01. The van der Waals surface area contributed by atoms with Crippen LogP contribution in [0, 0.1) is 0 Å². The van der Waals surface area contributed by atoms with Gasteiger partial charge in [-0.2, -0.15) is 0 Å². The Labute approximate surface area is 138 Å². The highest BCUT2D eigenvalue weighted by atomic mass is 16.1. The SMILES string of the molecule is [B]n1c([C@H](C)Nc2ncnc3nc[nH]c23)cc2ccccc2c1=O. The molecule has 4 aromatic rings. The summed E-state index contributed by atoms with van der Waals surface area (Å²) >= 11 is 0. The summed E-state index contributed by atoms with van der Waals surface area (Å²) in [6.45, 7) is 1.91. The maximum absolute atomic E-state index is 12.4. The Bertz CT molecular complexity index is 1100. The van der Waals surface area contributed by atoms with E-state index < -0.39 is 0 Å². The number of hydrogen-bond donors (Lipinski definition) is 2. The van der Waals surface area contributed by atoms with E-state index >= 15 is 0 Å². The quantitative estimate of drug-likeness (QED) is 0.562. The van der Waals surface area contributed by atoms with Crippen LogP contribution in [-0.2, 0) is 0 Å². The van der Waals surface area contributed by atoms with E-state index in [-0.39, 0.29) is 11.6 Å². The molecule has 0 spiro atoms. The van der Waals surface area contributed by atoms with Gasteiger partial charge in [-0.1, -0.05) is 18.2 Å². The van der Waals surface area contributed by atoms with Gasteiger partial charge in [0, 0.05) is 11.1 Å². The number of pyridine rings is 1. The molecular formula is C16H13BN6O. The first kappa shape index (κ1) is 14.4. The molecule has 0 aliphatic carbocycles. The Morgan fingerprint density at radius 3 is 2.96 bits per heavy atom. The van der Waals surface area contributed by atoms with Crippen LogP contribution in [0.4, 0.5) is 5.82 Å². The summed E-state index contributed by atoms with van der Waals surface area (Å²) in [5.41, 5.74) is 1.70. The van der Waals surface area contributed by atoms with Gasteiger partial charge >= 0.3 is 0 Å². The second kappa shape index (κ2) is 5.49. The highest BCUT2D eigenvalue weighted by Crippen LogP contribution is 2.22. The molecule has 2 N–H and O–H groups in total. The zero-order valence-corrected chi connectivity index (χ0v) is 12.9. The van der Waals surface area contributed by atoms with E-state index in [9.17, 15) is 4.79 Å². The summed E-state index contributed by atoms with van der Waals surface area (Å²) in [6.07, 6.45) is 3.00. The second-order valence-corrected chi connectivity index (χ2v) is 5.52. The Kier molecular flexibility index (Phi) is 3.30. The Morgan fingerprint density at radius 1 is 1.25 bits per heavy atom. The third-order valence-corrected chi connectivity index (χ3v) is 4.01. The minimum Gasteiger partial charge on any atom is -0.367 e. The maximum Gasteiger partial charge on any atom is 0.245 e. The van der Waals surface area contributed by atoms with Crippen molar-refractivity contribution >= 4 is 35.7 Å². The third kappa shape index (κ3) is 2.23. The molecule has 24 heavy (non-hydrogen) atoms. The second-order valence-electron chi connectivity index (χ2n) is 5.52. The van der Waals surface area contributed by atoms with E-state index in [1.165, 1.54) is 10.8 Å². The van der Waals surface area contributed by atoms with E-state index in [4.69, 9.17) is 7.98 Å². The van der Waals surface area contributed by atoms with E-state index in [0.29, 0.717) is 28.1 Å². The fourth-order valence-electron chi connectivity index (χ4n) is 2.78. The van der Waals surface area contributed by atoms with Crippen LogP contribution < -0.4 is 10.9 Å². The number of anilines is 1. The zero-order valence-electron chi connectivity index (χ0n) is 12.9. The van der Waals surface area contributed by atoms with Gasteiger partial charge in [0.1, 0.15) is 11.8 Å². The molecule has 4 rings (SSSR count). The summed E-state index contributed by atoms with van der Waals surface area (Å²) in [6, 6.07) is 9.03. The first-order valence-electron chi connectivity index (χ1n) is 7.45. The lowest BCUT2D eigenvalue weighted by Crippen LogP contribution is -2.25. The van der Waals surface area contributed by atoms with Crippen molar-refractivity contribution in [3.05, 3.63) is 59.0 Å². The minimum absolute atomic E-state index is 0.230. The number of imidazole rings is 1. The average molecular weight is 316 g/mol. The van der Waals surface area contributed by atoms with Crippen molar-refractivity contribution in [1.82, 2.24) is 24.4 Å². The number of H-pyrrole nitrogens is 1. The van der Waals surface area contributed by atoms with Crippen LogP contribution in [0.3, 0.4) is 0 Å². The van der Waals surface area contributed by atoms with Crippen LogP contribution in [0.25, 0.3) is 21.9 Å². The lowest BCUT2D eigenvalue weighted by Gasteiger charge is -2.19. The summed E-state index contributed by atoms with van der Waals surface area (Å²) in [4.78, 5) is 27.9.